The quantitative estimate of drug-likeness (QED) is 0.308. The molecular formula is C35H35NO6. The Hall–Kier alpha value is -4.39. The van der Waals surface area contributed by atoms with Crippen molar-refractivity contribution in [3.05, 3.63) is 94.3 Å². The zero-order valence-corrected chi connectivity index (χ0v) is 23.9. The van der Waals surface area contributed by atoms with E-state index in [1.165, 1.54) is 0 Å². The Balaban J connectivity index is 1.40. The van der Waals surface area contributed by atoms with Crippen LogP contribution >= 0.6 is 0 Å². The molecule has 0 aromatic heterocycles. The fourth-order valence-corrected chi connectivity index (χ4v) is 6.69. The Bertz CT molecular complexity index is 1580. The molecule has 1 heterocycles. The number of hydrogen-bond acceptors (Lipinski definition) is 6. The van der Waals surface area contributed by atoms with Gasteiger partial charge in [-0.2, -0.15) is 0 Å². The lowest BCUT2D eigenvalue weighted by Crippen LogP contribution is -2.39. The number of benzene rings is 3. The van der Waals surface area contributed by atoms with Crippen LogP contribution < -0.4 is 9.47 Å². The molecule has 0 fully saturated rings. The molecule has 1 aliphatic heterocycles. The van der Waals surface area contributed by atoms with Crippen molar-refractivity contribution >= 4 is 28.3 Å². The first-order valence-corrected chi connectivity index (χ1v) is 14.8. The van der Waals surface area contributed by atoms with E-state index < -0.39 is 11.9 Å². The van der Waals surface area contributed by atoms with Crippen molar-refractivity contribution in [2.45, 2.75) is 64.4 Å². The first-order valence-electron chi connectivity index (χ1n) is 14.8. The van der Waals surface area contributed by atoms with Crippen LogP contribution in [0.4, 0.5) is 0 Å². The Morgan fingerprint density at radius 1 is 0.857 bits per heavy atom. The van der Waals surface area contributed by atoms with Gasteiger partial charge in [-0.1, -0.05) is 48.5 Å². The lowest BCUT2D eigenvalue weighted by molar-refractivity contribution is -0.137. The van der Waals surface area contributed by atoms with E-state index in [-0.39, 0.29) is 24.5 Å². The monoisotopic (exact) mass is 565 g/mol. The van der Waals surface area contributed by atoms with Crippen molar-refractivity contribution < 1.29 is 29.0 Å². The van der Waals surface area contributed by atoms with Gasteiger partial charge in [0.2, 0.25) is 0 Å². The number of ether oxygens (including phenoxy) is 2. The molecule has 3 aromatic rings. The van der Waals surface area contributed by atoms with Crippen molar-refractivity contribution in [2.24, 2.45) is 0 Å². The number of aliphatic carboxylic acids is 1. The average molecular weight is 566 g/mol. The first kappa shape index (κ1) is 27.8. The number of nitrogens with zero attached hydrogens (tertiary/aromatic N) is 1. The van der Waals surface area contributed by atoms with Crippen molar-refractivity contribution in [1.29, 1.82) is 0 Å². The highest BCUT2D eigenvalue weighted by Gasteiger charge is 2.43. The molecule has 7 nitrogen and oxygen atoms in total. The maximum Gasteiger partial charge on any atom is 0.305 e. The van der Waals surface area contributed by atoms with Crippen LogP contribution in [0.2, 0.25) is 0 Å². The molecule has 3 aromatic carbocycles. The van der Waals surface area contributed by atoms with E-state index >= 15 is 0 Å². The Morgan fingerprint density at radius 3 is 2.24 bits per heavy atom. The van der Waals surface area contributed by atoms with Crippen LogP contribution in [0.5, 0.6) is 11.5 Å². The van der Waals surface area contributed by atoms with Crippen molar-refractivity contribution in [1.82, 2.24) is 4.90 Å². The topological polar surface area (TPSA) is 93.1 Å². The number of carbonyl (C=O) groups excluding carboxylic acids is 2. The van der Waals surface area contributed by atoms with Crippen LogP contribution in [0, 0.1) is 0 Å². The summed E-state index contributed by atoms with van der Waals surface area (Å²) in [4.78, 5) is 40.5. The number of Topliss-reactive ketones (excluding diaryl/α,β-unsaturated/α-hetero) is 2. The summed E-state index contributed by atoms with van der Waals surface area (Å²) in [5, 5.41) is 11.7. The fraction of sp³-hybridized carbons (Fsp3) is 0.343. The molecule has 2 aliphatic carbocycles. The normalized spacial score (nSPS) is 17.4. The van der Waals surface area contributed by atoms with Gasteiger partial charge >= 0.3 is 5.97 Å². The molecule has 1 N–H and O–H groups in total. The van der Waals surface area contributed by atoms with Crippen LogP contribution in [0.3, 0.4) is 0 Å². The van der Waals surface area contributed by atoms with E-state index in [1.807, 2.05) is 48.2 Å². The number of ketones is 2. The van der Waals surface area contributed by atoms with E-state index in [0.717, 1.165) is 46.1 Å². The second-order valence-electron chi connectivity index (χ2n) is 11.1. The minimum absolute atomic E-state index is 0.0285. The van der Waals surface area contributed by atoms with E-state index in [2.05, 4.69) is 24.3 Å². The predicted molar refractivity (Wildman–Crippen MR) is 159 cm³/mol. The van der Waals surface area contributed by atoms with Gasteiger partial charge in [0.05, 0.1) is 13.0 Å². The number of allylic oxidation sites excluding steroid dienone is 4. The van der Waals surface area contributed by atoms with Gasteiger partial charge in [0.25, 0.3) is 0 Å². The average Bonchev–Trinajstić information content (AvgIpc) is 2.99. The summed E-state index contributed by atoms with van der Waals surface area (Å²) in [5.74, 6) is -0.171. The molecule has 3 aliphatic rings. The van der Waals surface area contributed by atoms with Crippen molar-refractivity contribution in [2.75, 3.05) is 13.2 Å². The Morgan fingerprint density at radius 2 is 1.55 bits per heavy atom. The maximum atomic E-state index is 13.5. The van der Waals surface area contributed by atoms with Gasteiger partial charge < -0.3 is 19.5 Å². The minimum atomic E-state index is -0.897. The molecular weight excluding hydrogens is 530 g/mol. The van der Waals surface area contributed by atoms with E-state index in [0.29, 0.717) is 61.5 Å². The molecule has 0 saturated carbocycles. The predicted octanol–water partition coefficient (Wildman–Crippen LogP) is 6.71. The highest BCUT2D eigenvalue weighted by atomic mass is 16.5. The van der Waals surface area contributed by atoms with Crippen LogP contribution in [0.25, 0.3) is 10.8 Å². The standard InChI is InChI=1S/C35H35NO6/c1-2-41-31-20-23(16-17-30(31)42-21-24-10-5-9-22-8-3-4-11-25(22)24)33-34-26(12-6-14-28(34)37)36(19-18-32(39)40)27-13-7-15-29(38)35(27)33/h3-5,8-11,16-17,20,33H,2,6-7,12-15,18-19,21H2,1H3,(H,39,40). The zero-order valence-electron chi connectivity index (χ0n) is 23.9. The van der Waals surface area contributed by atoms with Gasteiger partial charge in [-0.05, 0) is 66.6 Å². The van der Waals surface area contributed by atoms with Gasteiger partial charge in [0.1, 0.15) is 6.61 Å². The summed E-state index contributed by atoms with van der Waals surface area (Å²) in [7, 11) is 0. The lowest BCUT2D eigenvalue weighted by Gasteiger charge is -2.44. The summed E-state index contributed by atoms with van der Waals surface area (Å²) in [6, 6.07) is 20.1. The van der Waals surface area contributed by atoms with E-state index in [9.17, 15) is 19.5 Å². The summed E-state index contributed by atoms with van der Waals surface area (Å²) in [5.41, 5.74) is 4.90. The van der Waals surface area contributed by atoms with Crippen molar-refractivity contribution in [3.63, 3.8) is 0 Å². The molecule has 7 heteroatoms. The Kier molecular flexibility index (Phi) is 7.83. The van der Waals surface area contributed by atoms with Gasteiger partial charge in [-0.15, -0.1) is 0 Å². The molecule has 0 unspecified atom stereocenters. The molecule has 0 amide bonds. The van der Waals surface area contributed by atoms with E-state index in [4.69, 9.17) is 9.47 Å². The number of carboxylic acids is 1. The first-order chi connectivity index (χ1) is 20.5. The molecule has 216 valence electrons. The van der Waals surface area contributed by atoms with Crippen LogP contribution in [-0.4, -0.2) is 40.7 Å². The number of fused-ring (bicyclic) bond motifs is 1. The Labute approximate surface area is 245 Å². The van der Waals surface area contributed by atoms with Gasteiger partial charge in [-0.3, -0.25) is 14.4 Å². The number of carbonyl (C=O) groups is 3. The molecule has 0 saturated heterocycles. The number of rotatable bonds is 9. The third-order valence-electron chi connectivity index (χ3n) is 8.50. The molecule has 42 heavy (non-hydrogen) atoms. The minimum Gasteiger partial charge on any atom is -0.490 e. The number of carboxylic acid groups (broad SMARTS) is 1. The molecule has 0 atom stereocenters. The van der Waals surface area contributed by atoms with E-state index in [1.54, 1.807) is 0 Å². The summed E-state index contributed by atoms with van der Waals surface area (Å²) < 4.78 is 12.4. The maximum absolute atomic E-state index is 13.5. The second kappa shape index (κ2) is 11.8. The smallest absolute Gasteiger partial charge is 0.305 e. The summed E-state index contributed by atoms with van der Waals surface area (Å²) in [6.07, 6.45) is 3.59. The van der Waals surface area contributed by atoms with Gasteiger partial charge in [0, 0.05) is 47.8 Å². The molecule has 0 radical (unpaired) electrons. The largest absolute Gasteiger partial charge is 0.490 e. The second-order valence-corrected chi connectivity index (χ2v) is 11.1. The lowest BCUT2D eigenvalue weighted by atomic mass is 9.71. The van der Waals surface area contributed by atoms with Crippen LogP contribution in [0.15, 0.2) is 83.2 Å². The van der Waals surface area contributed by atoms with Crippen LogP contribution in [0.1, 0.15) is 68.9 Å². The SMILES string of the molecule is CCOc1cc(C2C3=C(CCCC3=O)N(CCC(=O)O)C3=C2C(=O)CCC3)ccc1OCc1cccc2ccccc12. The molecule has 0 spiro atoms. The fourth-order valence-electron chi connectivity index (χ4n) is 6.69. The van der Waals surface area contributed by atoms with Crippen LogP contribution in [-0.2, 0) is 21.0 Å². The molecule has 0 bridgehead atoms. The zero-order chi connectivity index (χ0) is 29.2. The highest BCUT2D eigenvalue weighted by Crippen LogP contribution is 2.50. The summed E-state index contributed by atoms with van der Waals surface area (Å²) >= 11 is 0. The highest BCUT2D eigenvalue weighted by molar-refractivity contribution is 6.06. The third-order valence-corrected chi connectivity index (χ3v) is 8.50. The number of hydrogen-bond donors (Lipinski definition) is 1. The third kappa shape index (κ3) is 5.20. The summed E-state index contributed by atoms with van der Waals surface area (Å²) in [6.45, 7) is 2.97. The molecule has 6 rings (SSSR count). The van der Waals surface area contributed by atoms with Crippen molar-refractivity contribution in [3.8, 4) is 11.5 Å². The van der Waals surface area contributed by atoms with Gasteiger partial charge in [0.15, 0.2) is 23.1 Å². The van der Waals surface area contributed by atoms with Gasteiger partial charge in [-0.25, -0.2) is 0 Å².